The number of hydrogen-bond donors (Lipinski definition) is 1. The van der Waals surface area contributed by atoms with Crippen molar-refractivity contribution >= 4 is 34.4 Å². The van der Waals surface area contributed by atoms with Crippen molar-refractivity contribution in [3.05, 3.63) is 41.9 Å². The van der Waals surface area contributed by atoms with Crippen LogP contribution >= 0.6 is 11.8 Å². The molecule has 0 aliphatic rings. The van der Waals surface area contributed by atoms with Gasteiger partial charge in [0.1, 0.15) is 16.6 Å². The van der Waals surface area contributed by atoms with Crippen LogP contribution in [-0.4, -0.2) is 26.3 Å². The minimum atomic E-state index is -0.329. The van der Waals surface area contributed by atoms with Gasteiger partial charge in [-0.15, -0.1) is 0 Å². The predicted octanol–water partition coefficient (Wildman–Crippen LogP) is 3.35. The molecule has 0 aliphatic carbocycles. The molecule has 0 spiro atoms. The zero-order valence-electron chi connectivity index (χ0n) is 13.0. The third kappa shape index (κ3) is 3.50. The Bertz CT molecular complexity index is 862. The number of nitrogens with zero attached hydrogens (tertiary/aromatic N) is 3. The summed E-state index contributed by atoms with van der Waals surface area (Å²) in [7, 11) is 0. The molecule has 118 valence electrons. The van der Waals surface area contributed by atoms with Crippen molar-refractivity contribution in [2.45, 2.75) is 31.0 Å². The molecule has 0 saturated carbocycles. The number of benzene rings is 1. The SMILES string of the molecule is Cc1nc(S[C@H](C)C(=O)Nc2cc(C)on2)c2ccccc2n1. The first-order chi connectivity index (χ1) is 11.0. The number of aryl methyl sites for hydroxylation is 2. The van der Waals surface area contributed by atoms with Crippen molar-refractivity contribution in [2.75, 3.05) is 5.32 Å². The van der Waals surface area contributed by atoms with Crippen LogP contribution < -0.4 is 5.32 Å². The van der Waals surface area contributed by atoms with Crippen LogP contribution in [0.25, 0.3) is 10.9 Å². The molecule has 6 nitrogen and oxygen atoms in total. The lowest BCUT2D eigenvalue weighted by molar-refractivity contribution is -0.115. The van der Waals surface area contributed by atoms with Crippen LogP contribution in [0, 0.1) is 13.8 Å². The zero-order valence-corrected chi connectivity index (χ0v) is 13.8. The molecule has 0 saturated heterocycles. The number of anilines is 1. The number of thioether (sulfide) groups is 1. The van der Waals surface area contributed by atoms with Gasteiger partial charge in [-0.2, -0.15) is 0 Å². The van der Waals surface area contributed by atoms with E-state index in [0.29, 0.717) is 17.4 Å². The molecule has 0 aliphatic heterocycles. The smallest absolute Gasteiger partial charge is 0.238 e. The van der Waals surface area contributed by atoms with Crippen LogP contribution in [0.5, 0.6) is 0 Å². The quantitative estimate of drug-likeness (QED) is 0.584. The molecule has 3 rings (SSSR count). The number of fused-ring (bicyclic) bond motifs is 1. The Kier molecular flexibility index (Phi) is 4.29. The highest BCUT2D eigenvalue weighted by molar-refractivity contribution is 8.00. The number of aromatic nitrogens is 3. The van der Waals surface area contributed by atoms with E-state index in [1.54, 1.807) is 13.0 Å². The summed E-state index contributed by atoms with van der Waals surface area (Å²) >= 11 is 1.40. The summed E-state index contributed by atoms with van der Waals surface area (Å²) in [6.45, 7) is 5.45. The molecule has 7 heteroatoms. The highest BCUT2D eigenvalue weighted by atomic mass is 32.2. The predicted molar refractivity (Wildman–Crippen MR) is 89.5 cm³/mol. The van der Waals surface area contributed by atoms with E-state index < -0.39 is 0 Å². The lowest BCUT2D eigenvalue weighted by Crippen LogP contribution is -2.22. The largest absolute Gasteiger partial charge is 0.360 e. The van der Waals surface area contributed by atoms with E-state index in [1.807, 2.05) is 38.1 Å². The first kappa shape index (κ1) is 15.5. The fourth-order valence-electron chi connectivity index (χ4n) is 2.12. The summed E-state index contributed by atoms with van der Waals surface area (Å²) in [5.74, 6) is 1.61. The number of amides is 1. The third-order valence-corrected chi connectivity index (χ3v) is 4.32. The van der Waals surface area contributed by atoms with Crippen molar-refractivity contribution in [1.29, 1.82) is 0 Å². The minimum Gasteiger partial charge on any atom is -0.360 e. The van der Waals surface area contributed by atoms with Crippen LogP contribution in [0.4, 0.5) is 5.82 Å². The molecular formula is C16H16N4O2S. The fourth-order valence-corrected chi connectivity index (χ4v) is 3.11. The Balaban J connectivity index is 1.79. The molecule has 3 aromatic rings. The molecular weight excluding hydrogens is 312 g/mol. The maximum Gasteiger partial charge on any atom is 0.238 e. The Labute approximate surface area is 137 Å². The van der Waals surface area contributed by atoms with Gasteiger partial charge in [-0.3, -0.25) is 4.79 Å². The topological polar surface area (TPSA) is 80.9 Å². The van der Waals surface area contributed by atoms with E-state index in [0.717, 1.165) is 15.9 Å². The van der Waals surface area contributed by atoms with Crippen LogP contribution in [0.3, 0.4) is 0 Å². The van der Waals surface area contributed by atoms with E-state index in [2.05, 4.69) is 20.4 Å². The molecule has 1 N–H and O–H groups in total. The van der Waals surface area contributed by atoms with Crippen molar-refractivity contribution < 1.29 is 9.32 Å². The van der Waals surface area contributed by atoms with E-state index in [1.165, 1.54) is 11.8 Å². The Morgan fingerprint density at radius 2 is 2.04 bits per heavy atom. The molecule has 23 heavy (non-hydrogen) atoms. The van der Waals surface area contributed by atoms with Gasteiger partial charge in [0.05, 0.1) is 10.8 Å². The summed E-state index contributed by atoms with van der Waals surface area (Å²) in [6, 6.07) is 9.46. The molecule has 2 heterocycles. The molecule has 0 unspecified atom stereocenters. The molecule has 1 atom stereocenters. The van der Waals surface area contributed by atoms with Gasteiger partial charge in [0.25, 0.3) is 0 Å². The van der Waals surface area contributed by atoms with Crippen molar-refractivity contribution in [3.8, 4) is 0 Å². The van der Waals surface area contributed by atoms with Gasteiger partial charge in [-0.25, -0.2) is 9.97 Å². The highest BCUT2D eigenvalue weighted by Gasteiger charge is 2.18. The van der Waals surface area contributed by atoms with Crippen LogP contribution in [-0.2, 0) is 4.79 Å². The Morgan fingerprint density at radius 1 is 1.26 bits per heavy atom. The van der Waals surface area contributed by atoms with Crippen LogP contribution in [0.15, 0.2) is 39.9 Å². The van der Waals surface area contributed by atoms with Gasteiger partial charge < -0.3 is 9.84 Å². The van der Waals surface area contributed by atoms with Gasteiger partial charge in [0.15, 0.2) is 5.82 Å². The first-order valence-electron chi connectivity index (χ1n) is 7.17. The molecule has 2 aromatic heterocycles. The lowest BCUT2D eigenvalue weighted by Gasteiger charge is -2.12. The van der Waals surface area contributed by atoms with Gasteiger partial charge in [0, 0.05) is 11.5 Å². The van der Waals surface area contributed by atoms with Crippen molar-refractivity contribution in [1.82, 2.24) is 15.1 Å². The average molecular weight is 328 g/mol. The second kappa shape index (κ2) is 6.37. The van der Waals surface area contributed by atoms with Gasteiger partial charge >= 0.3 is 0 Å². The number of para-hydroxylation sites is 1. The minimum absolute atomic E-state index is 0.149. The summed E-state index contributed by atoms with van der Waals surface area (Å²) in [5.41, 5.74) is 0.877. The van der Waals surface area contributed by atoms with E-state index in [4.69, 9.17) is 4.52 Å². The maximum absolute atomic E-state index is 12.3. The Hall–Kier alpha value is -2.41. The summed E-state index contributed by atoms with van der Waals surface area (Å²) in [5, 5.41) is 7.92. The van der Waals surface area contributed by atoms with Crippen LogP contribution in [0.1, 0.15) is 18.5 Å². The van der Waals surface area contributed by atoms with Crippen LogP contribution in [0.2, 0.25) is 0 Å². The van der Waals surface area contributed by atoms with Gasteiger partial charge in [-0.1, -0.05) is 35.1 Å². The van der Waals surface area contributed by atoms with Crippen molar-refractivity contribution in [3.63, 3.8) is 0 Å². The molecule has 1 amide bonds. The number of carbonyl (C=O) groups is 1. The molecule has 0 radical (unpaired) electrons. The van der Waals surface area contributed by atoms with Gasteiger partial charge in [-0.05, 0) is 26.8 Å². The molecule has 0 bridgehead atoms. The highest BCUT2D eigenvalue weighted by Crippen LogP contribution is 2.29. The lowest BCUT2D eigenvalue weighted by atomic mass is 10.2. The van der Waals surface area contributed by atoms with Gasteiger partial charge in [0.2, 0.25) is 5.91 Å². The standard InChI is InChI=1S/C16H16N4O2S/c1-9-8-14(20-22-9)19-15(21)10(2)23-16-12-6-4-5-7-13(12)17-11(3)18-16/h4-8,10H,1-3H3,(H,19,20,21)/t10-/m1/s1. The normalized spacial score (nSPS) is 12.3. The summed E-state index contributed by atoms with van der Waals surface area (Å²) in [6.07, 6.45) is 0. The van der Waals surface area contributed by atoms with E-state index in [9.17, 15) is 4.79 Å². The second-order valence-electron chi connectivity index (χ2n) is 5.17. The summed E-state index contributed by atoms with van der Waals surface area (Å²) in [4.78, 5) is 21.2. The number of nitrogens with one attached hydrogen (secondary N) is 1. The average Bonchev–Trinajstić information content (AvgIpc) is 2.92. The van der Waals surface area contributed by atoms with E-state index in [-0.39, 0.29) is 11.2 Å². The van der Waals surface area contributed by atoms with Crippen molar-refractivity contribution in [2.24, 2.45) is 0 Å². The summed E-state index contributed by atoms with van der Waals surface area (Å²) < 4.78 is 4.94. The first-order valence-corrected chi connectivity index (χ1v) is 8.05. The monoisotopic (exact) mass is 328 g/mol. The maximum atomic E-state index is 12.3. The molecule has 0 fully saturated rings. The number of carbonyl (C=O) groups excluding carboxylic acids is 1. The van der Waals surface area contributed by atoms with E-state index >= 15 is 0 Å². The molecule has 1 aromatic carbocycles. The Morgan fingerprint density at radius 3 is 2.78 bits per heavy atom. The zero-order chi connectivity index (χ0) is 16.4. The number of rotatable bonds is 4. The second-order valence-corrected chi connectivity index (χ2v) is 6.49. The fraction of sp³-hybridized carbons (Fsp3) is 0.250. The third-order valence-electron chi connectivity index (χ3n) is 3.22. The number of hydrogen-bond acceptors (Lipinski definition) is 6.